The minimum absolute atomic E-state index is 0.212. The summed E-state index contributed by atoms with van der Waals surface area (Å²) >= 11 is 0. The number of benzene rings is 1. The van der Waals surface area contributed by atoms with E-state index in [2.05, 4.69) is 15.6 Å². The van der Waals surface area contributed by atoms with Crippen molar-refractivity contribution in [1.82, 2.24) is 4.98 Å². The second-order valence-corrected chi connectivity index (χ2v) is 3.81. The Balaban J connectivity index is 2.26. The Bertz CT molecular complexity index is 584. The highest BCUT2D eigenvalue weighted by Gasteiger charge is 2.12. The zero-order chi connectivity index (χ0) is 13.7. The highest BCUT2D eigenvalue weighted by atomic mass is 16.5. The number of methoxy groups -OCH3 is 1. The Morgan fingerprint density at radius 2 is 1.89 bits per heavy atom. The fourth-order valence-electron chi connectivity index (χ4n) is 1.74. The van der Waals surface area contributed by atoms with Gasteiger partial charge >= 0.3 is 0 Å². The van der Waals surface area contributed by atoms with Crippen molar-refractivity contribution in [2.24, 2.45) is 0 Å². The van der Waals surface area contributed by atoms with Gasteiger partial charge in [0.25, 0.3) is 5.91 Å². The molecule has 98 valence electrons. The van der Waals surface area contributed by atoms with Crippen molar-refractivity contribution in [3.63, 3.8) is 0 Å². The van der Waals surface area contributed by atoms with E-state index in [-0.39, 0.29) is 5.91 Å². The number of pyridine rings is 1. The lowest BCUT2D eigenvalue weighted by Gasteiger charge is -2.11. The van der Waals surface area contributed by atoms with Gasteiger partial charge in [-0.25, -0.2) is 4.98 Å². The number of para-hydroxylation sites is 1. The predicted octanol–water partition coefficient (Wildman–Crippen LogP) is 2.38. The third kappa shape index (κ3) is 2.82. The first-order valence-corrected chi connectivity index (χ1v) is 5.83. The van der Waals surface area contributed by atoms with Crippen LogP contribution in [0.5, 0.6) is 5.88 Å². The molecule has 0 aliphatic rings. The van der Waals surface area contributed by atoms with Gasteiger partial charge in [0.1, 0.15) is 5.69 Å². The zero-order valence-corrected chi connectivity index (χ0v) is 10.8. The number of carbonyl (C=O) groups is 1. The molecule has 5 heteroatoms. The molecule has 0 radical (unpaired) electrons. The number of rotatable bonds is 4. The standard InChI is InChI=1S/C14H15N3O2/c1-15-11-7-4-3-6-10(11)13(18)17-12-8-5-9-16-14(12)19-2/h3-9,15H,1-2H3,(H,17,18). The average molecular weight is 257 g/mol. The van der Waals surface area contributed by atoms with Crippen LogP contribution in [0.25, 0.3) is 0 Å². The van der Waals surface area contributed by atoms with E-state index >= 15 is 0 Å². The molecule has 1 heterocycles. The number of aromatic nitrogens is 1. The van der Waals surface area contributed by atoms with Gasteiger partial charge in [-0.3, -0.25) is 4.79 Å². The highest BCUT2D eigenvalue weighted by Crippen LogP contribution is 2.22. The summed E-state index contributed by atoms with van der Waals surface area (Å²) in [5, 5.41) is 5.77. The quantitative estimate of drug-likeness (QED) is 0.882. The minimum Gasteiger partial charge on any atom is -0.480 e. The maximum absolute atomic E-state index is 12.2. The average Bonchev–Trinajstić information content (AvgIpc) is 2.47. The van der Waals surface area contributed by atoms with Crippen LogP contribution in [0.4, 0.5) is 11.4 Å². The van der Waals surface area contributed by atoms with E-state index in [1.54, 1.807) is 31.4 Å². The summed E-state index contributed by atoms with van der Waals surface area (Å²) in [6.07, 6.45) is 1.61. The van der Waals surface area contributed by atoms with Crippen LogP contribution in [-0.4, -0.2) is 25.0 Å². The molecule has 0 spiro atoms. The van der Waals surface area contributed by atoms with Crippen molar-refractivity contribution >= 4 is 17.3 Å². The fourth-order valence-corrected chi connectivity index (χ4v) is 1.74. The molecule has 1 aromatic carbocycles. The predicted molar refractivity (Wildman–Crippen MR) is 74.7 cm³/mol. The first-order chi connectivity index (χ1) is 9.26. The molecule has 19 heavy (non-hydrogen) atoms. The van der Waals surface area contributed by atoms with Crippen LogP contribution < -0.4 is 15.4 Å². The lowest BCUT2D eigenvalue weighted by Crippen LogP contribution is -2.14. The monoisotopic (exact) mass is 257 g/mol. The largest absolute Gasteiger partial charge is 0.480 e. The number of nitrogens with zero attached hydrogens (tertiary/aromatic N) is 1. The molecule has 0 aliphatic heterocycles. The number of hydrogen-bond acceptors (Lipinski definition) is 4. The maximum atomic E-state index is 12.2. The smallest absolute Gasteiger partial charge is 0.257 e. The second kappa shape index (κ2) is 5.86. The molecule has 0 unspecified atom stereocenters. The van der Waals surface area contributed by atoms with Crippen molar-refractivity contribution in [1.29, 1.82) is 0 Å². The van der Waals surface area contributed by atoms with Crippen LogP contribution in [0, 0.1) is 0 Å². The first kappa shape index (κ1) is 12.9. The van der Waals surface area contributed by atoms with E-state index in [0.717, 1.165) is 5.69 Å². The summed E-state index contributed by atoms with van der Waals surface area (Å²) < 4.78 is 5.10. The van der Waals surface area contributed by atoms with Gasteiger partial charge in [0.05, 0.1) is 12.7 Å². The van der Waals surface area contributed by atoms with Crippen molar-refractivity contribution in [3.05, 3.63) is 48.2 Å². The molecule has 5 nitrogen and oxygen atoms in total. The van der Waals surface area contributed by atoms with Crippen molar-refractivity contribution in [3.8, 4) is 5.88 Å². The van der Waals surface area contributed by atoms with Crippen LogP contribution in [-0.2, 0) is 0 Å². The topological polar surface area (TPSA) is 63.2 Å². The summed E-state index contributed by atoms with van der Waals surface area (Å²) in [6.45, 7) is 0. The van der Waals surface area contributed by atoms with E-state index in [1.807, 2.05) is 18.2 Å². The highest BCUT2D eigenvalue weighted by molar-refractivity contribution is 6.08. The van der Waals surface area contributed by atoms with Gasteiger partial charge in [-0.15, -0.1) is 0 Å². The lowest BCUT2D eigenvalue weighted by atomic mass is 10.1. The molecule has 2 aromatic rings. The van der Waals surface area contributed by atoms with Crippen LogP contribution in [0.1, 0.15) is 10.4 Å². The number of carbonyl (C=O) groups excluding carboxylic acids is 1. The van der Waals surface area contributed by atoms with Gasteiger partial charge in [-0.1, -0.05) is 12.1 Å². The molecule has 0 aliphatic carbocycles. The van der Waals surface area contributed by atoms with Gasteiger partial charge in [0.15, 0.2) is 0 Å². The summed E-state index contributed by atoms with van der Waals surface area (Å²) in [4.78, 5) is 16.3. The van der Waals surface area contributed by atoms with E-state index in [1.165, 1.54) is 7.11 Å². The third-order valence-corrected chi connectivity index (χ3v) is 2.65. The van der Waals surface area contributed by atoms with Gasteiger partial charge in [-0.2, -0.15) is 0 Å². The number of anilines is 2. The summed E-state index contributed by atoms with van der Waals surface area (Å²) in [5.41, 5.74) is 1.87. The number of ether oxygens (including phenoxy) is 1. The number of nitrogens with one attached hydrogen (secondary N) is 2. The summed E-state index contributed by atoms with van der Waals surface area (Å²) in [5.74, 6) is 0.175. The van der Waals surface area contributed by atoms with E-state index < -0.39 is 0 Å². The Morgan fingerprint density at radius 3 is 2.63 bits per heavy atom. The Hall–Kier alpha value is -2.56. The summed E-state index contributed by atoms with van der Waals surface area (Å²) in [7, 11) is 3.29. The SMILES string of the molecule is CNc1ccccc1C(=O)Nc1cccnc1OC. The molecule has 1 aromatic heterocycles. The molecule has 0 atom stereocenters. The van der Waals surface area contributed by atoms with E-state index in [0.29, 0.717) is 17.1 Å². The third-order valence-electron chi connectivity index (χ3n) is 2.65. The Kier molecular flexibility index (Phi) is 3.97. The second-order valence-electron chi connectivity index (χ2n) is 3.81. The molecule has 2 rings (SSSR count). The van der Waals surface area contributed by atoms with Crippen LogP contribution in [0.2, 0.25) is 0 Å². The van der Waals surface area contributed by atoms with Crippen molar-refractivity contribution < 1.29 is 9.53 Å². The maximum Gasteiger partial charge on any atom is 0.257 e. The van der Waals surface area contributed by atoms with Gasteiger partial charge in [0, 0.05) is 18.9 Å². The fraction of sp³-hybridized carbons (Fsp3) is 0.143. The number of hydrogen-bond donors (Lipinski definition) is 2. The number of amides is 1. The van der Waals surface area contributed by atoms with Gasteiger partial charge < -0.3 is 15.4 Å². The van der Waals surface area contributed by atoms with Gasteiger partial charge in [0.2, 0.25) is 5.88 Å². The first-order valence-electron chi connectivity index (χ1n) is 5.83. The van der Waals surface area contributed by atoms with Crippen LogP contribution >= 0.6 is 0 Å². The Morgan fingerprint density at radius 1 is 1.16 bits per heavy atom. The lowest BCUT2D eigenvalue weighted by molar-refractivity contribution is 0.102. The van der Waals surface area contributed by atoms with E-state index in [4.69, 9.17) is 4.74 Å². The molecule has 0 saturated heterocycles. The summed E-state index contributed by atoms with van der Waals surface area (Å²) in [6, 6.07) is 10.8. The van der Waals surface area contributed by atoms with Gasteiger partial charge in [-0.05, 0) is 24.3 Å². The van der Waals surface area contributed by atoms with E-state index in [9.17, 15) is 4.79 Å². The van der Waals surface area contributed by atoms with Crippen LogP contribution in [0.3, 0.4) is 0 Å². The van der Waals surface area contributed by atoms with Crippen molar-refractivity contribution in [2.75, 3.05) is 24.8 Å². The normalized spacial score (nSPS) is 9.79. The Labute approximate surface area is 111 Å². The zero-order valence-electron chi connectivity index (χ0n) is 10.8. The van der Waals surface area contributed by atoms with Crippen molar-refractivity contribution in [2.45, 2.75) is 0 Å². The molecule has 2 N–H and O–H groups in total. The molecular weight excluding hydrogens is 242 g/mol. The molecular formula is C14H15N3O2. The molecule has 0 fully saturated rings. The molecule has 1 amide bonds. The van der Waals surface area contributed by atoms with Crippen LogP contribution in [0.15, 0.2) is 42.6 Å². The molecule has 0 saturated carbocycles. The molecule has 0 bridgehead atoms. The minimum atomic E-state index is -0.212.